The van der Waals surface area contributed by atoms with E-state index >= 15 is 0 Å². The van der Waals surface area contributed by atoms with Crippen molar-refractivity contribution in [2.45, 2.75) is 51.7 Å². The van der Waals surface area contributed by atoms with Crippen LogP contribution >= 0.6 is 0 Å². The van der Waals surface area contributed by atoms with Gasteiger partial charge in [0, 0.05) is 0 Å². The van der Waals surface area contributed by atoms with Gasteiger partial charge in [-0.25, -0.2) is 18.0 Å². The fourth-order valence-corrected chi connectivity index (χ4v) is 2.16. The van der Waals surface area contributed by atoms with Gasteiger partial charge >= 0.3 is 23.3 Å². The van der Waals surface area contributed by atoms with Crippen LogP contribution in [0, 0.1) is 0 Å². The highest BCUT2D eigenvalue weighted by Crippen LogP contribution is 2.20. The smallest absolute Gasteiger partial charge is 0.340 e. The Morgan fingerprint density at radius 2 is 1.35 bits per heavy atom. The minimum Gasteiger partial charge on any atom is -0.464 e. The first-order valence-corrected chi connectivity index (χ1v) is 7.69. The Kier molecular flexibility index (Phi) is 7.71. The molecule has 0 radical (unpaired) electrons. The predicted molar refractivity (Wildman–Crippen MR) is 69.6 cm³/mol. The van der Waals surface area contributed by atoms with Gasteiger partial charge in [-0.3, -0.25) is 0 Å². The van der Waals surface area contributed by atoms with Gasteiger partial charge in [0.1, 0.15) is 0 Å². The molecule has 2 atom stereocenters. The topological polar surface area (TPSA) is 88.1 Å². The summed E-state index contributed by atoms with van der Waals surface area (Å²) in [7, 11) is 0. The molecule has 0 spiro atoms. The van der Waals surface area contributed by atoms with Gasteiger partial charge < -0.3 is 9.47 Å². The average molecular weight is 308 g/mol. The normalized spacial score (nSPS) is 25.4. The van der Waals surface area contributed by atoms with Gasteiger partial charge in [0.2, 0.25) is 12.2 Å². The fraction of sp³-hybridized carbons (Fsp3) is 0.833. The lowest BCUT2D eigenvalue weighted by Crippen LogP contribution is -2.39. The Morgan fingerprint density at radius 1 is 0.950 bits per heavy atom. The highest BCUT2D eigenvalue weighted by atomic mass is 32.2. The first-order valence-electron chi connectivity index (χ1n) is 6.69. The third-order valence-electron chi connectivity index (χ3n) is 2.59. The molecule has 1 saturated heterocycles. The molecule has 0 N–H and O–H groups in total. The maximum Gasteiger partial charge on any atom is 0.340 e. The van der Waals surface area contributed by atoms with Gasteiger partial charge in [0.05, 0.1) is 13.2 Å². The van der Waals surface area contributed by atoms with Gasteiger partial charge in [-0.15, -0.1) is 0 Å². The Hall–Kier alpha value is -0.990. The Morgan fingerprint density at radius 3 is 1.70 bits per heavy atom. The zero-order valence-corrected chi connectivity index (χ0v) is 12.5. The van der Waals surface area contributed by atoms with E-state index in [0.29, 0.717) is 12.8 Å². The summed E-state index contributed by atoms with van der Waals surface area (Å²) in [5.41, 5.74) is 0. The summed E-state index contributed by atoms with van der Waals surface area (Å²) in [5.74, 6) is -1.52. The molecule has 116 valence electrons. The molecule has 1 aliphatic heterocycles. The Labute approximate surface area is 120 Å². The second kappa shape index (κ2) is 9.04. The van der Waals surface area contributed by atoms with Gasteiger partial charge in [0.15, 0.2) is 0 Å². The van der Waals surface area contributed by atoms with E-state index < -0.39 is 35.5 Å². The van der Waals surface area contributed by atoms with Crippen molar-refractivity contribution in [1.82, 2.24) is 0 Å². The Balaban J connectivity index is 2.52. The molecule has 2 unspecified atom stereocenters. The predicted octanol–water partition coefficient (Wildman–Crippen LogP) is 1.04. The van der Waals surface area contributed by atoms with E-state index in [9.17, 15) is 13.8 Å². The zero-order chi connectivity index (χ0) is 15.0. The standard InChI is InChI=1S/C12H20O7S/c1-3-5-7-16-11(13)9-10(19-20(15)18-9)12(14)17-8-6-4-2/h9-10H,3-8H2,1-2H3. The van der Waals surface area contributed by atoms with Crippen LogP contribution in [-0.2, 0) is 38.8 Å². The maximum absolute atomic E-state index is 11.7. The van der Waals surface area contributed by atoms with Crippen molar-refractivity contribution in [3.05, 3.63) is 0 Å². The molecule has 7 nitrogen and oxygen atoms in total. The van der Waals surface area contributed by atoms with Crippen LogP contribution in [-0.4, -0.2) is 41.6 Å². The molecule has 0 saturated carbocycles. The lowest BCUT2D eigenvalue weighted by Gasteiger charge is -2.13. The quantitative estimate of drug-likeness (QED) is 0.489. The average Bonchev–Trinajstić information content (AvgIpc) is 2.81. The summed E-state index contributed by atoms with van der Waals surface area (Å²) in [6.07, 6.45) is 0.471. The van der Waals surface area contributed by atoms with Crippen molar-refractivity contribution in [3.63, 3.8) is 0 Å². The largest absolute Gasteiger partial charge is 0.464 e. The molecular formula is C12H20O7S. The van der Waals surface area contributed by atoms with Crippen molar-refractivity contribution in [2.24, 2.45) is 0 Å². The van der Waals surface area contributed by atoms with Gasteiger partial charge in [-0.1, -0.05) is 26.7 Å². The molecule has 0 bridgehead atoms. The summed E-state index contributed by atoms with van der Waals surface area (Å²) in [5, 5.41) is 0. The highest BCUT2D eigenvalue weighted by Gasteiger charge is 2.47. The number of esters is 2. The summed E-state index contributed by atoms with van der Waals surface area (Å²) >= 11 is -2.14. The fourth-order valence-electron chi connectivity index (χ4n) is 1.42. The van der Waals surface area contributed by atoms with Crippen LogP contribution in [0.5, 0.6) is 0 Å². The molecule has 1 fully saturated rings. The molecule has 0 aliphatic carbocycles. The van der Waals surface area contributed by atoms with Crippen LogP contribution in [0.4, 0.5) is 0 Å². The zero-order valence-electron chi connectivity index (χ0n) is 11.7. The van der Waals surface area contributed by atoms with Crippen LogP contribution in [0.2, 0.25) is 0 Å². The number of unbranched alkanes of at least 4 members (excludes halogenated alkanes) is 2. The molecule has 1 rings (SSSR count). The van der Waals surface area contributed by atoms with Crippen LogP contribution in [0.3, 0.4) is 0 Å². The molecular weight excluding hydrogens is 288 g/mol. The number of ether oxygens (including phenoxy) is 2. The summed E-state index contributed by atoms with van der Waals surface area (Å²) in [6, 6.07) is 0. The second-order valence-electron chi connectivity index (χ2n) is 4.28. The summed E-state index contributed by atoms with van der Waals surface area (Å²) in [4.78, 5) is 23.5. The minimum atomic E-state index is -2.14. The molecule has 1 aliphatic rings. The van der Waals surface area contributed by atoms with Gasteiger partial charge in [-0.05, 0) is 12.8 Å². The molecule has 1 heterocycles. The number of carbonyl (C=O) groups is 2. The lowest BCUT2D eigenvalue weighted by atomic mass is 10.2. The van der Waals surface area contributed by atoms with Crippen LogP contribution < -0.4 is 0 Å². The maximum atomic E-state index is 11.7. The molecule has 0 aromatic rings. The van der Waals surface area contributed by atoms with E-state index in [1.165, 1.54) is 0 Å². The summed E-state index contributed by atoms with van der Waals surface area (Å²) in [6.45, 7) is 4.34. The monoisotopic (exact) mass is 308 g/mol. The Bertz CT molecular complexity index is 326. The SMILES string of the molecule is CCCCOC(=O)C1OS(=O)OC1C(=O)OCCCC. The molecule has 8 heteroatoms. The first kappa shape index (κ1) is 17.1. The van der Waals surface area contributed by atoms with Gasteiger partial charge in [0.25, 0.3) is 0 Å². The van der Waals surface area contributed by atoms with Crippen molar-refractivity contribution in [1.29, 1.82) is 0 Å². The molecule has 0 aromatic heterocycles. The number of rotatable bonds is 8. The first-order chi connectivity index (χ1) is 9.60. The third kappa shape index (κ3) is 5.18. The number of hydrogen-bond donors (Lipinski definition) is 0. The van der Waals surface area contributed by atoms with Crippen molar-refractivity contribution in [3.8, 4) is 0 Å². The molecule has 20 heavy (non-hydrogen) atoms. The van der Waals surface area contributed by atoms with Gasteiger partial charge in [-0.2, -0.15) is 4.21 Å². The van der Waals surface area contributed by atoms with Crippen LogP contribution in [0.25, 0.3) is 0 Å². The lowest BCUT2D eigenvalue weighted by molar-refractivity contribution is -0.163. The van der Waals surface area contributed by atoms with Crippen molar-refractivity contribution < 1.29 is 31.6 Å². The van der Waals surface area contributed by atoms with E-state index in [4.69, 9.17) is 17.8 Å². The van der Waals surface area contributed by atoms with Crippen molar-refractivity contribution >= 4 is 23.3 Å². The van der Waals surface area contributed by atoms with E-state index in [1.54, 1.807) is 0 Å². The van der Waals surface area contributed by atoms with E-state index in [2.05, 4.69) is 0 Å². The number of carbonyl (C=O) groups excluding carboxylic acids is 2. The summed E-state index contributed by atoms with van der Waals surface area (Å²) < 4.78 is 30.6. The van der Waals surface area contributed by atoms with Crippen LogP contribution in [0.15, 0.2) is 0 Å². The number of hydrogen-bond acceptors (Lipinski definition) is 7. The molecule has 0 aromatic carbocycles. The van der Waals surface area contributed by atoms with E-state index in [-0.39, 0.29) is 13.2 Å². The van der Waals surface area contributed by atoms with Crippen molar-refractivity contribution in [2.75, 3.05) is 13.2 Å². The highest BCUT2D eigenvalue weighted by molar-refractivity contribution is 7.75. The third-order valence-corrected chi connectivity index (χ3v) is 3.32. The molecule has 0 amide bonds. The minimum absolute atomic E-state index is 0.222. The second-order valence-corrected chi connectivity index (χ2v) is 5.07. The van der Waals surface area contributed by atoms with E-state index in [0.717, 1.165) is 12.8 Å². The van der Waals surface area contributed by atoms with E-state index in [1.807, 2.05) is 13.8 Å². The van der Waals surface area contributed by atoms with Crippen LogP contribution in [0.1, 0.15) is 39.5 Å².